The van der Waals surface area contributed by atoms with Crippen molar-refractivity contribution in [1.29, 1.82) is 5.26 Å². The predicted octanol–water partition coefficient (Wildman–Crippen LogP) is 5.87. The molecule has 3 aromatic rings. The maximum absolute atomic E-state index is 12.6. The van der Waals surface area contributed by atoms with Gasteiger partial charge in [-0.25, -0.2) is 4.79 Å². The minimum absolute atomic E-state index is 0.0998. The van der Waals surface area contributed by atoms with E-state index in [1.807, 2.05) is 25.1 Å². The van der Waals surface area contributed by atoms with Gasteiger partial charge in [0.25, 0.3) is 5.91 Å². The average Bonchev–Trinajstić information content (AvgIpc) is 2.82. The molecule has 0 fully saturated rings. The van der Waals surface area contributed by atoms with Crippen LogP contribution < -0.4 is 14.8 Å². The summed E-state index contributed by atoms with van der Waals surface area (Å²) in [7, 11) is 0. The van der Waals surface area contributed by atoms with Crippen LogP contribution in [0, 0.1) is 18.3 Å². The van der Waals surface area contributed by atoms with Crippen LogP contribution in [0.2, 0.25) is 5.02 Å². The summed E-state index contributed by atoms with van der Waals surface area (Å²) >= 11 is 6.46. The molecule has 1 amide bonds. The van der Waals surface area contributed by atoms with Crippen LogP contribution in [0.1, 0.15) is 34.0 Å². The quantitative estimate of drug-likeness (QED) is 0.287. The molecule has 0 bridgehead atoms. The molecule has 0 heterocycles. The molecule has 0 saturated carbocycles. The number of rotatable bonds is 9. The number of carboxylic acid groups (broad SMARTS) is 1. The van der Waals surface area contributed by atoms with Crippen LogP contribution in [0.3, 0.4) is 0 Å². The van der Waals surface area contributed by atoms with Gasteiger partial charge in [0, 0.05) is 5.69 Å². The lowest BCUT2D eigenvalue weighted by atomic mass is 10.1. The number of halogens is 1. The van der Waals surface area contributed by atoms with Crippen molar-refractivity contribution in [1.82, 2.24) is 0 Å². The smallest absolute Gasteiger partial charge is 0.335 e. The Balaban J connectivity index is 1.82. The zero-order valence-electron chi connectivity index (χ0n) is 19.2. The van der Waals surface area contributed by atoms with Crippen molar-refractivity contribution < 1.29 is 24.2 Å². The van der Waals surface area contributed by atoms with E-state index in [-0.39, 0.29) is 22.8 Å². The lowest BCUT2D eigenvalue weighted by Crippen LogP contribution is -2.13. The van der Waals surface area contributed by atoms with Crippen LogP contribution in [0.4, 0.5) is 5.69 Å². The minimum Gasteiger partial charge on any atom is -0.490 e. The fourth-order valence-electron chi connectivity index (χ4n) is 3.21. The fraction of sp³-hybridized carbons (Fsp3) is 0.148. The number of carboxylic acids is 1. The number of carbonyl (C=O) groups excluding carboxylic acids is 1. The lowest BCUT2D eigenvalue weighted by molar-refractivity contribution is -0.112. The number of amides is 1. The van der Waals surface area contributed by atoms with Crippen molar-refractivity contribution >= 4 is 35.2 Å². The zero-order valence-corrected chi connectivity index (χ0v) is 19.9. The third kappa shape index (κ3) is 6.85. The van der Waals surface area contributed by atoms with Crippen LogP contribution in [-0.4, -0.2) is 23.6 Å². The van der Waals surface area contributed by atoms with Crippen LogP contribution in [0.5, 0.6) is 11.5 Å². The topological polar surface area (TPSA) is 109 Å². The number of benzene rings is 3. The van der Waals surface area contributed by atoms with E-state index >= 15 is 0 Å². The van der Waals surface area contributed by atoms with Gasteiger partial charge >= 0.3 is 5.97 Å². The molecule has 0 radical (unpaired) electrons. The van der Waals surface area contributed by atoms with Crippen LogP contribution in [-0.2, 0) is 11.4 Å². The van der Waals surface area contributed by atoms with E-state index in [4.69, 9.17) is 26.2 Å². The number of hydrogen-bond acceptors (Lipinski definition) is 5. The first kappa shape index (κ1) is 25.3. The SMILES string of the molecule is CCOc1cc(/C=C(\C#N)C(=O)Nc2cccc(C)c2)cc(Cl)c1OCc1ccc(C(=O)O)cc1. The standard InChI is InChI=1S/C27H23ClN2O5/c1-3-34-24-14-19(12-21(15-29)26(31)30-22-6-4-5-17(2)11-22)13-23(28)25(24)35-16-18-7-9-20(10-8-18)27(32)33/h4-14H,3,16H2,1-2H3,(H,30,31)(H,32,33)/b21-12+. The van der Waals surface area contributed by atoms with E-state index in [0.717, 1.165) is 11.1 Å². The molecule has 0 aliphatic carbocycles. The molecule has 3 aromatic carbocycles. The molecule has 0 aromatic heterocycles. The van der Waals surface area contributed by atoms with Gasteiger partial charge in [-0.2, -0.15) is 5.26 Å². The summed E-state index contributed by atoms with van der Waals surface area (Å²) in [6, 6.07) is 18.7. The number of carbonyl (C=O) groups is 2. The largest absolute Gasteiger partial charge is 0.490 e. The molecule has 0 aliphatic rings. The summed E-state index contributed by atoms with van der Waals surface area (Å²) in [4.78, 5) is 23.6. The lowest BCUT2D eigenvalue weighted by Gasteiger charge is -2.15. The van der Waals surface area contributed by atoms with Crippen LogP contribution in [0.15, 0.2) is 66.2 Å². The second-order valence-corrected chi connectivity index (χ2v) is 7.95. The van der Waals surface area contributed by atoms with E-state index in [1.54, 1.807) is 43.3 Å². The van der Waals surface area contributed by atoms with Gasteiger partial charge in [0.15, 0.2) is 11.5 Å². The van der Waals surface area contributed by atoms with Gasteiger partial charge < -0.3 is 19.9 Å². The summed E-state index contributed by atoms with van der Waals surface area (Å²) < 4.78 is 11.5. The molecule has 2 N–H and O–H groups in total. The highest BCUT2D eigenvalue weighted by Crippen LogP contribution is 2.38. The van der Waals surface area contributed by atoms with Gasteiger partial charge in [0.05, 0.1) is 17.2 Å². The Morgan fingerprint density at radius 3 is 2.49 bits per heavy atom. The Hall–Kier alpha value is -4.28. The third-order valence-corrected chi connectivity index (χ3v) is 5.15. The molecule has 0 saturated heterocycles. The Labute approximate surface area is 208 Å². The first-order valence-corrected chi connectivity index (χ1v) is 11.1. The van der Waals surface area contributed by atoms with Gasteiger partial charge in [-0.1, -0.05) is 35.9 Å². The Morgan fingerprint density at radius 1 is 1.11 bits per heavy atom. The van der Waals surface area contributed by atoms with Crippen molar-refractivity contribution in [3.63, 3.8) is 0 Å². The fourth-order valence-corrected chi connectivity index (χ4v) is 3.48. The Kier molecular flexibility index (Phi) is 8.49. The number of aromatic carboxylic acids is 1. The molecule has 3 rings (SSSR count). The number of nitrogens with zero attached hydrogens (tertiary/aromatic N) is 1. The van der Waals surface area contributed by atoms with Gasteiger partial charge in [0.2, 0.25) is 0 Å². The normalized spacial score (nSPS) is 10.9. The van der Waals surface area contributed by atoms with Gasteiger partial charge in [-0.15, -0.1) is 0 Å². The van der Waals surface area contributed by atoms with Crippen molar-refractivity contribution in [2.75, 3.05) is 11.9 Å². The van der Waals surface area contributed by atoms with Crippen LogP contribution >= 0.6 is 11.6 Å². The van der Waals surface area contributed by atoms with E-state index in [2.05, 4.69) is 5.32 Å². The van der Waals surface area contributed by atoms with Crippen molar-refractivity contribution in [3.05, 3.63) is 93.5 Å². The molecule has 35 heavy (non-hydrogen) atoms. The maximum atomic E-state index is 12.6. The monoisotopic (exact) mass is 490 g/mol. The molecule has 8 heteroatoms. The third-order valence-electron chi connectivity index (χ3n) is 4.87. The number of anilines is 1. The van der Waals surface area contributed by atoms with Gasteiger partial charge in [-0.3, -0.25) is 4.79 Å². The number of ether oxygens (including phenoxy) is 2. The van der Waals surface area contributed by atoms with Gasteiger partial charge in [-0.05, 0) is 73.0 Å². The van der Waals surface area contributed by atoms with E-state index in [9.17, 15) is 14.9 Å². The first-order valence-electron chi connectivity index (χ1n) is 10.7. The highest BCUT2D eigenvalue weighted by atomic mass is 35.5. The number of hydrogen-bond donors (Lipinski definition) is 2. The molecule has 178 valence electrons. The number of nitriles is 1. The van der Waals surface area contributed by atoms with Crippen molar-refractivity contribution in [2.24, 2.45) is 0 Å². The summed E-state index contributed by atoms with van der Waals surface area (Å²) in [6.45, 7) is 4.19. The molecule has 0 atom stereocenters. The molecule has 0 unspecified atom stereocenters. The average molecular weight is 491 g/mol. The zero-order chi connectivity index (χ0) is 25.4. The Morgan fingerprint density at radius 2 is 1.86 bits per heavy atom. The maximum Gasteiger partial charge on any atom is 0.335 e. The molecule has 0 spiro atoms. The molecular weight excluding hydrogens is 468 g/mol. The van der Waals surface area contributed by atoms with Crippen molar-refractivity contribution in [3.8, 4) is 17.6 Å². The summed E-state index contributed by atoms with van der Waals surface area (Å²) in [5.41, 5.74) is 2.88. The van der Waals surface area contributed by atoms with Crippen molar-refractivity contribution in [2.45, 2.75) is 20.5 Å². The summed E-state index contributed by atoms with van der Waals surface area (Å²) in [6.07, 6.45) is 1.42. The molecule has 7 nitrogen and oxygen atoms in total. The number of aryl methyl sites for hydroxylation is 1. The summed E-state index contributed by atoms with van der Waals surface area (Å²) in [5.74, 6) is -0.898. The second kappa shape index (κ2) is 11.7. The minimum atomic E-state index is -1.01. The first-order chi connectivity index (χ1) is 16.8. The highest BCUT2D eigenvalue weighted by Gasteiger charge is 2.15. The predicted molar refractivity (Wildman–Crippen MR) is 134 cm³/mol. The second-order valence-electron chi connectivity index (χ2n) is 7.55. The highest BCUT2D eigenvalue weighted by molar-refractivity contribution is 6.32. The Bertz CT molecular complexity index is 1310. The molecular formula is C27H23ClN2O5. The van der Waals surface area contributed by atoms with Crippen LogP contribution in [0.25, 0.3) is 6.08 Å². The molecule has 0 aliphatic heterocycles. The van der Waals surface area contributed by atoms with E-state index < -0.39 is 11.9 Å². The number of nitrogens with one attached hydrogen (secondary N) is 1. The van der Waals surface area contributed by atoms with Gasteiger partial charge in [0.1, 0.15) is 18.2 Å². The summed E-state index contributed by atoms with van der Waals surface area (Å²) in [5, 5.41) is 21.5. The van der Waals surface area contributed by atoms with E-state index in [0.29, 0.717) is 29.4 Å². The van der Waals surface area contributed by atoms with E-state index in [1.165, 1.54) is 18.2 Å².